The van der Waals surface area contributed by atoms with Crippen molar-refractivity contribution in [3.8, 4) is 44.5 Å². The zero-order valence-electron chi connectivity index (χ0n) is 46.5. The largest absolute Gasteiger partial charge is 0.309 e. The van der Waals surface area contributed by atoms with Crippen LogP contribution < -0.4 is 9.80 Å². The van der Waals surface area contributed by atoms with Gasteiger partial charge in [0, 0.05) is 65.6 Å². The van der Waals surface area contributed by atoms with Crippen LogP contribution in [0.4, 0.5) is 34.1 Å². The van der Waals surface area contributed by atoms with E-state index in [0.717, 1.165) is 34.1 Å². The van der Waals surface area contributed by atoms with Crippen LogP contribution in [0.15, 0.2) is 291 Å². The molecule has 0 aliphatic rings. The lowest BCUT2D eigenvalue weighted by Gasteiger charge is -2.30. The third-order valence-electron chi connectivity index (χ3n) is 17.8. The van der Waals surface area contributed by atoms with Crippen molar-refractivity contribution >= 4 is 110 Å². The first-order valence-electron chi connectivity index (χ1n) is 29.1. The highest BCUT2D eigenvalue weighted by Crippen LogP contribution is 2.54. The molecule has 17 aromatic rings. The molecule has 0 N–H and O–H groups in total. The average molecular weight is 1070 g/mol. The van der Waals surface area contributed by atoms with Crippen molar-refractivity contribution in [2.75, 3.05) is 9.80 Å². The molecule has 4 heterocycles. The number of benzene rings is 13. The Labute approximate surface area is 486 Å². The lowest BCUT2D eigenvalue weighted by atomic mass is 9.96. The number of aryl methyl sites for hydroxylation is 2. The molecule has 84 heavy (non-hydrogen) atoms. The van der Waals surface area contributed by atoms with Crippen molar-refractivity contribution in [3.05, 3.63) is 302 Å². The maximum atomic E-state index is 2.56. The lowest BCUT2D eigenvalue weighted by Crippen LogP contribution is -2.12. The molecule has 0 saturated carbocycles. The molecule has 394 valence electrons. The Bertz CT molecular complexity index is 5050. The molecule has 0 bridgehead atoms. The van der Waals surface area contributed by atoms with Gasteiger partial charge in [-0.05, 0) is 131 Å². The van der Waals surface area contributed by atoms with Gasteiger partial charge in [-0.1, -0.05) is 218 Å². The molecule has 0 amide bonds. The summed E-state index contributed by atoms with van der Waals surface area (Å²) in [6, 6.07) is 108. The van der Waals surface area contributed by atoms with Crippen LogP contribution in [0.25, 0.3) is 121 Å². The van der Waals surface area contributed by atoms with Crippen LogP contribution >= 0.6 is 0 Å². The SMILES string of the molecule is Cc1cccc(N(c2cccc(-c3ccccc3)c2)c2ccc3c4cc5c(cc4n4c6ccccc6c2c34)c2ccc(N(c3cccc(-c4ccccc4)c3)c3cccc(C)c3-c3ccccc3)c3c4ccccc4n5c23)c1-c1ccccc1. The second kappa shape index (κ2) is 18.8. The molecule has 0 fully saturated rings. The van der Waals surface area contributed by atoms with E-state index in [4.69, 9.17) is 0 Å². The number of hydrogen-bond acceptors (Lipinski definition) is 2. The van der Waals surface area contributed by atoms with Gasteiger partial charge >= 0.3 is 0 Å². The third-order valence-corrected chi connectivity index (χ3v) is 17.8. The fraction of sp³-hybridized carbons (Fsp3) is 0.0250. The molecule has 0 aliphatic heterocycles. The number of hydrogen-bond donors (Lipinski definition) is 0. The van der Waals surface area contributed by atoms with Gasteiger partial charge in [0.15, 0.2) is 0 Å². The van der Waals surface area contributed by atoms with Gasteiger partial charge < -0.3 is 18.6 Å². The topological polar surface area (TPSA) is 15.3 Å². The Kier molecular flexibility index (Phi) is 10.7. The van der Waals surface area contributed by atoms with Crippen molar-refractivity contribution in [3.63, 3.8) is 0 Å². The normalized spacial score (nSPS) is 11.9. The van der Waals surface area contributed by atoms with Crippen LogP contribution in [0.5, 0.6) is 0 Å². The first-order valence-corrected chi connectivity index (χ1v) is 29.1. The number of fused-ring (bicyclic) bond motifs is 12. The highest BCUT2D eigenvalue weighted by molar-refractivity contribution is 6.32. The summed E-state index contributed by atoms with van der Waals surface area (Å²) in [4.78, 5) is 5.05. The van der Waals surface area contributed by atoms with Gasteiger partial charge in [0.25, 0.3) is 0 Å². The molecule has 0 saturated heterocycles. The number of rotatable bonds is 10. The van der Waals surface area contributed by atoms with E-state index in [1.807, 2.05) is 0 Å². The van der Waals surface area contributed by atoms with Crippen molar-refractivity contribution in [2.24, 2.45) is 0 Å². The van der Waals surface area contributed by atoms with Crippen LogP contribution in [-0.2, 0) is 0 Å². The Morgan fingerprint density at radius 3 is 1.01 bits per heavy atom. The number of para-hydroxylation sites is 2. The van der Waals surface area contributed by atoms with Crippen LogP contribution in [0.2, 0.25) is 0 Å². The average Bonchev–Trinajstić information content (AvgIpc) is 2.21. The van der Waals surface area contributed by atoms with Crippen LogP contribution in [0.1, 0.15) is 11.1 Å². The van der Waals surface area contributed by atoms with Gasteiger partial charge in [-0.15, -0.1) is 0 Å². The fourth-order valence-corrected chi connectivity index (χ4v) is 14.2. The molecule has 4 nitrogen and oxygen atoms in total. The van der Waals surface area contributed by atoms with E-state index in [1.165, 1.54) is 132 Å². The maximum Gasteiger partial charge on any atom is 0.0641 e. The summed E-state index contributed by atoms with van der Waals surface area (Å²) in [6.45, 7) is 4.49. The summed E-state index contributed by atoms with van der Waals surface area (Å²) >= 11 is 0. The molecular formula is C80H54N4. The second-order valence-electron chi connectivity index (χ2n) is 22.5. The Hall–Kier alpha value is -10.9. The van der Waals surface area contributed by atoms with Gasteiger partial charge in [-0.2, -0.15) is 0 Å². The van der Waals surface area contributed by atoms with Crippen LogP contribution in [0.3, 0.4) is 0 Å². The monoisotopic (exact) mass is 1070 g/mol. The van der Waals surface area contributed by atoms with E-state index in [-0.39, 0.29) is 0 Å². The van der Waals surface area contributed by atoms with E-state index in [9.17, 15) is 0 Å². The zero-order chi connectivity index (χ0) is 55.6. The Morgan fingerprint density at radius 2 is 0.595 bits per heavy atom. The first kappa shape index (κ1) is 47.8. The predicted octanol–water partition coefficient (Wildman–Crippen LogP) is 22.2. The van der Waals surface area contributed by atoms with Crippen LogP contribution in [0, 0.1) is 13.8 Å². The molecule has 13 aromatic carbocycles. The zero-order valence-corrected chi connectivity index (χ0v) is 46.5. The minimum Gasteiger partial charge on any atom is -0.309 e. The minimum atomic E-state index is 1.10. The highest BCUT2D eigenvalue weighted by Gasteiger charge is 2.30. The fourth-order valence-electron chi connectivity index (χ4n) is 14.2. The standard InChI is InChI=1S/C80H54N4/c1-51-23-19-41-69(75(51)55-29-11-5-12-30-55)81(59-35-21-33-57(47-59)53-25-7-3-8-26-53)71-45-43-61-65-49-74-66(50-73(65)83-67-39-17-15-37-63(67)77(71)79(61)83)62-44-46-72(78-64-38-16-18-40-68(64)84(74)80(62)78)82(60-36-22-34-58(48-60)54-27-9-4-10-28-54)70-42-20-24-52(2)76(70)56-31-13-6-14-32-56/h3-50H,1-2H3. The molecule has 0 aliphatic carbocycles. The first-order chi connectivity index (χ1) is 41.6. The third kappa shape index (κ3) is 7.14. The van der Waals surface area contributed by atoms with E-state index in [2.05, 4.69) is 324 Å². The Balaban J connectivity index is 0.934. The number of anilines is 6. The van der Waals surface area contributed by atoms with Crippen molar-refractivity contribution in [1.82, 2.24) is 8.80 Å². The molecule has 4 heteroatoms. The quantitative estimate of drug-likeness (QED) is 0.136. The Morgan fingerprint density at radius 1 is 0.238 bits per heavy atom. The number of aromatic nitrogens is 2. The van der Waals surface area contributed by atoms with Gasteiger partial charge in [0.1, 0.15) is 0 Å². The summed E-state index contributed by atoms with van der Waals surface area (Å²) in [5.74, 6) is 0. The van der Waals surface area contributed by atoms with Crippen LogP contribution in [-0.4, -0.2) is 8.80 Å². The summed E-state index contributed by atoms with van der Waals surface area (Å²) in [5, 5.41) is 9.83. The molecule has 0 radical (unpaired) electrons. The predicted molar refractivity (Wildman–Crippen MR) is 356 cm³/mol. The summed E-state index contributed by atoms with van der Waals surface area (Å²) in [5.41, 5.74) is 25.9. The van der Waals surface area contributed by atoms with Gasteiger partial charge in [0.05, 0.1) is 55.8 Å². The molecule has 0 spiro atoms. The number of nitrogens with zero attached hydrogens (tertiary/aromatic N) is 4. The van der Waals surface area contributed by atoms with E-state index in [1.54, 1.807) is 0 Å². The van der Waals surface area contributed by atoms with E-state index >= 15 is 0 Å². The maximum absolute atomic E-state index is 2.56. The molecular weight excluding hydrogens is 1020 g/mol. The van der Waals surface area contributed by atoms with Gasteiger partial charge in [-0.3, -0.25) is 0 Å². The summed E-state index contributed by atoms with van der Waals surface area (Å²) in [7, 11) is 0. The lowest BCUT2D eigenvalue weighted by molar-refractivity contribution is 1.28. The smallest absolute Gasteiger partial charge is 0.0641 e. The van der Waals surface area contributed by atoms with Gasteiger partial charge in [0.2, 0.25) is 0 Å². The van der Waals surface area contributed by atoms with Crippen molar-refractivity contribution in [1.29, 1.82) is 0 Å². The minimum absolute atomic E-state index is 1.10. The molecule has 4 aromatic heterocycles. The second-order valence-corrected chi connectivity index (χ2v) is 22.5. The van der Waals surface area contributed by atoms with Crippen molar-refractivity contribution in [2.45, 2.75) is 13.8 Å². The van der Waals surface area contributed by atoms with E-state index < -0.39 is 0 Å². The molecule has 0 unspecified atom stereocenters. The van der Waals surface area contributed by atoms with Gasteiger partial charge in [-0.25, -0.2) is 0 Å². The van der Waals surface area contributed by atoms with E-state index in [0.29, 0.717) is 0 Å². The van der Waals surface area contributed by atoms with Crippen molar-refractivity contribution < 1.29 is 0 Å². The summed E-state index contributed by atoms with van der Waals surface area (Å²) < 4.78 is 5.13. The molecule has 17 rings (SSSR count). The summed E-state index contributed by atoms with van der Waals surface area (Å²) in [6.07, 6.45) is 0. The highest BCUT2D eigenvalue weighted by atomic mass is 15.2. The molecule has 0 atom stereocenters.